The lowest BCUT2D eigenvalue weighted by Gasteiger charge is -2.38. The van der Waals surface area contributed by atoms with Crippen molar-refractivity contribution in [1.29, 1.82) is 0 Å². The van der Waals surface area contributed by atoms with E-state index in [2.05, 4.69) is 22.8 Å². The smallest absolute Gasteiger partial charge is 0.160 e. The van der Waals surface area contributed by atoms with Crippen LogP contribution in [0.25, 0.3) is 0 Å². The standard InChI is InChI=1S/C21H34ClN3O/c1-3-16-14-19(22)21(26-2)20(15-16)25-12-10-24(11-13-25)9-8-17-4-6-18(23)7-5-17/h14-15,17-18H,3-13,23H2,1-2H3/t17-,18-. The highest BCUT2D eigenvalue weighted by Crippen LogP contribution is 2.37. The van der Waals surface area contributed by atoms with Gasteiger partial charge in [0, 0.05) is 32.2 Å². The van der Waals surface area contributed by atoms with Gasteiger partial charge in [-0.2, -0.15) is 0 Å². The Kier molecular flexibility index (Phi) is 7.07. The highest BCUT2D eigenvalue weighted by molar-refractivity contribution is 6.32. The highest BCUT2D eigenvalue weighted by Gasteiger charge is 2.23. The van der Waals surface area contributed by atoms with Crippen molar-refractivity contribution in [3.05, 3.63) is 22.7 Å². The number of nitrogens with two attached hydrogens (primary N) is 1. The molecule has 4 nitrogen and oxygen atoms in total. The van der Waals surface area contributed by atoms with Gasteiger partial charge in [-0.3, -0.25) is 4.90 Å². The fourth-order valence-corrected chi connectivity index (χ4v) is 4.64. The van der Waals surface area contributed by atoms with Crippen LogP contribution in [0.5, 0.6) is 5.75 Å². The van der Waals surface area contributed by atoms with E-state index in [4.69, 9.17) is 22.1 Å². The molecule has 5 heteroatoms. The maximum Gasteiger partial charge on any atom is 0.160 e. The van der Waals surface area contributed by atoms with Crippen LogP contribution in [0.3, 0.4) is 0 Å². The summed E-state index contributed by atoms with van der Waals surface area (Å²) in [6.07, 6.45) is 7.38. The average Bonchev–Trinajstić information content (AvgIpc) is 2.67. The first kappa shape index (κ1) is 19.8. The molecule has 1 aromatic rings. The first-order valence-electron chi connectivity index (χ1n) is 10.2. The third kappa shape index (κ3) is 4.85. The number of anilines is 1. The number of hydrogen-bond donors (Lipinski definition) is 1. The van der Waals surface area contributed by atoms with Crippen molar-refractivity contribution in [3.8, 4) is 5.75 Å². The molecule has 2 fully saturated rings. The molecule has 3 rings (SSSR count). The summed E-state index contributed by atoms with van der Waals surface area (Å²) in [5.41, 5.74) is 8.44. The van der Waals surface area contributed by atoms with E-state index < -0.39 is 0 Å². The predicted octanol–water partition coefficient (Wildman–Crippen LogP) is 3.94. The molecule has 2 aliphatic rings. The van der Waals surface area contributed by atoms with E-state index in [-0.39, 0.29) is 0 Å². The number of ether oxygens (including phenoxy) is 1. The number of aryl methyl sites for hydroxylation is 1. The predicted molar refractivity (Wildman–Crippen MR) is 111 cm³/mol. The first-order chi connectivity index (χ1) is 12.6. The first-order valence-corrected chi connectivity index (χ1v) is 10.6. The number of rotatable bonds is 6. The molecule has 1 aliphatic heterocycles. The zero-order valence-electron chi connectivity index (χ0n) is 16.3. The second kappa shape index (κ2) is 9.29. The third-order valence-corrected chi connectivity index (χ3v) is 6.43. The minimum absolute atomic E-state index is 0.454. The number of benzene rings is 1. The summed E-state index contributed by atoms with van der Waals surface area (Å²) in [6, 6.07) is 4.72. The van der Waals surface area contributed by atoms with Gasteiger partial charge in [0.15, 0.2) is 5.75 Å². The van der Waals surface area contributed by atoms with Crippen molar-refractivity contribution in [2.24, 2.45) is 11.7 Å². The van der Waals surface area contributed by atoms with Crippen molar-refractivity contribution in [3.63, 3.8) is 0 Å². The van der Waals surface area contributed by atoms with Crippen LogP contribution in [0.15, 0.2) is 12.1 Å². The van der Waals surface area contributed by atoms with Gasteiger partial charge in [-0.05, 0) is 68.7 Å². The van der Waals surface area contributed by atoms with Crippen LogP contribution in [0.2, 0.25) is 5.02 Å². The zero-order valence-corrected chi connectivity index (χ0v) is 17.1. The van der Waals surface area contributed by atoms with Crippen LogP contribution in [0.4, 0.5) is 5.69 Å². The number of nitrogens with zero attached hydrogens (tertiary/aromatic N) is 2. The van der Waals surface area contributed by atoms with Crippen LogP contribution in [0.1, 0.15) is 44.6 Å². The molecule has 1 heterocycles. The lowest BCUT2D eigenvalue weighted by molar-refractivity contribution is 0.216. The highest BCUT2D eigenvalue weighted by atomic mass is 35.5. The summed E-state index contributed by atoms with van der Waals surface area (Å²) < 4.78 is 5.59. The monoisotopic (exact) mass is 379 g/mol. The van der Waals surface area contributed by atoms with Gasteiger partial charge >= 0.3 is 0 Å². The molecule has 1 aliphatic carbocycles. The molecule has 0 atom stereocenters. The molecule has 0 amide bonds. The summed E-state index contributed by atoms with van der Waals surface area (Å²) in [5, 5.41) is 0.722. The Morgan fingerprint density at radius 1 is 1.12 bits per heavy atom. The zero-order chi connectivity index (χ0) is 18.5. The summed E-state index contributed by atoms with van der Waals surface area (Å²) >= 11 is 6.44. The molecule has 2 N–H and O–H groups in total. The Morgan fingerprint density at radius 2 is 1.81 bits per heavy atom. The van der Waals surface area contributed by atoms with Crippen molar-refractivity contribution in [1.82, 2.24) is 4.90 Å². The topological polar surface area (TPSA) is 41.7 Å². The quantitative estimate of drug-likeness (QED) is 0.812. The van der Waals surface area contributed by atoms with E-state index in [1.807, 2.05) is 6.07 Å². The fourth-order valence-electron chi connectivity index (χ4n) is 4.33. The van der Waals surface area contributed by atoms with E-state index in [1.54, 1.807) is 7.11 Å². The van der Waals surface area contributed by atoms with Gasteiger partial charge in [-0.25, -0.2) is 0 Å². The Balaban J connectivity index is 1.53. The van der Waals surface area contributed by atoms with Crippen molar-refractivity contribution in [2.75, 3.05) is 44.7 Å². The Hall–Kier alpha value is -0.970. The van der Waals surface area contributed by atoms with Gasteiger partial charge in [-0.1, -0.05) is 18.5 Å². The SMILES string of the molecule is CCc1cc(Cl)c(OC)c(N2CCN(CC[C@H]3CC[C@H](N)CC3)CC2)c1. The minimum atomic E-state index is 0.454. The van der Waals surface area contributed by atoms with Crippen molar-refractivity contribution < 1.29 is 4.74 Å². The molecule has 1 saturated carbocycles. The average molecular weight is 380 g/mol. The van der Waals surface area contributed by atoms with Gasteiger partial charge in [0.1, 0.15) is 0 Å². The fraction of sp³-hybridized carbons (Fsp3) is 0.714. The maximum atomic E-state index is 6.44. The molecule has 26 heavy (non-hydrogen) atoms. The third-order valence-electron chi connectivity index (χ3n) is 6.15. The van der Waals surface area contributed by atoms with Gasteiger partial charge in [0.2, 0.25) is 0 Å². The summed E-state index contributed by atoms with van der Waals surface area (Å²) in [5.74, 6) is 1.70. The molecule has 0 aromatic heterocycles. The largest absolute Gasteiger partial charge is 0.493 e. The molecular weight excluding hydrogens is 346 g/mol. The Bertz CT molecular complexity index is 579. The number of hydrogen-bond acceptors (Lipinski definition) is 4. The van der Waals surface area contributed by atoms with E-state index in [1.165, 1.54) is 44.2 Å². The minimum Gasteiger partial charge on any atom is -0.493 e. The molecule has 0 radical (unpaired) electrons. The summed E-state index contributed by atoms with van der Waals surface area (Å²) in [6.45, 7) is 7.69. The summed E-state index contributed by atoms with van der Waals surface area (Å²) in [7, 11) is 1.71. The Labute approximate surface area is 163 Å². The molecule has 146 valence electrons. The maximum absolute atomic E-state index is 6.44. The van der Waals surface area contributed by atoms with E-state index >= 15 is 0 Å². The number of piperazine rings is 1. The van der Waals surface area contributed by atoms with Crippen LogP contribution in [-0.2, 0) is 6.42 Å². The van der Waals surface area contributed by atoms with E-state index in [9.17, 15) is 0 Å². The second-order valence-electron chi connectivity index (χ2n) is 7.88. The molecule has 0 unspecified atom stereocenters. The molecule has 1 saturated heterocycles. The van der Waals surface area contributed by atoms with Crippen molar-refractivity contribution >= 4 is 17.3 Å². The molecular formula is C21H34ClN3O. The lowest BCUT2D eigenvalue weighted by atomic mass is 9.84. The normalized spacial score (nSPS) is 24.7. The van der Waals surface area contributed by atoms with Crippen LogP contribution < -0.4 is 15.4 Å². The number of halogens is 1. The molecule has 0 spiro atoms. The van der Waals surface area contributed by atoms with Crippen LogP contribution in [0, 0.1) is 5.92 Å². The van der Waals surface area contributed by atoms with Crippen LogP contribution >= 0.6 is 11.6 Å². The Morgan fingerprint density at radius 3 is 2.42 bits per heavy atom. The van der Waals surface area contributed by atoms with Gasteiger partial charge < -0.3 is 15.4 Å². The number of methoxy groups -OCH3 is 1. The van der Waals surface area contributed by atoms with E-state index in [0.717, 1.165) is 55.0 Å². The van der Waals surface area contributed by atoms with Gasteiger partial charge in [0.25, 0.3) is 0 Å². The van der Waals surface area contributed by atoms with Crippen LogP contribution in [-0.4, -0.2) is 50.8 Å². The van der Waals surface area contributed by atoms with Gasteiger partial charge in [0.05, 0.1) is 17.8 Å². The summed E-state index contributed by atoms with van der Waals surface area (Å²) in [4.78, 5) is 5.04. The van der Waals surface area contributed by atoms with Gasteiger partial charge in [-0.15, -0.1) is 0 Å². The lowest BCUT2D eigenvalue weighted by Crippen LogP contribution is -2.47. The van der Waals surface area contributed by atoms with E-state index in [0.29, 0.717) is 6.04 Å². The molecule has 0 bridgehead atoms. The molecule has 1 aromatic carbocycles. The second-order valence-corrected chi connectivity index (χ2v) is 8.29. The van der Waals surface area contributed by atoms with Crippen molar-refractivity contribution in [2.45, 2.75) is 51.5 Å².